The summed E-state index contributed by atoms with van der Waals surface area (Å²) in [7, 11) is 0. The predicted octanol–water partition coefficient (Wildman–Crippen LogP) is 2.00. The number of rotatable bonds is 3. The van der Waals surface area contributed by atoms with E-state index in [1.807, 2.05) is 12.1 Å². The maximum atomic E-state index is 12.1. The number of aryl methyl sites for hydroxylation is 1. The van der Waals surface area contributed by atoms with Crippen LogP contribution >= 0.6 is 0 Å². The van der Waals surface area contributed by atoms with Crippen LogP contribution < -0.4 is 11.1 Å². The Morgan fingerprint density at radius 3 is 2.71 bits per heavy atom. The number of nitrogen functional groups attached to an aromatic ring is 1. The lowest BCUT2D eigenvalue weighted by Crippen LogP contribution is -2.15. The molecular formula is C14H13N5O2. The number of oxazole rings is 1. The molecule has 1 aromatic carbocycles. The van der Waals surface area contributed by atoms with Crippen LogP contribution in [-0.4, -0.2) is 20.7 Å². The van der Waals surface area contributed by atoms with Gasteiger partial charge in [0.1, 0.15) is 5.82 Å². The zero-order valence-corrected chi connectivity index (χ0v) is 11.3. The quantitative estimate of drug-likeness (QED) is 0.716. The number of nitrogens with zero attached hydrogens (tertiary/aromatic N) is 3. The average Bonchev–Trinajstić information content (AvgIpc) is 3.09. The minimum Gasteiger partial charge on any atom is -0.438 e. The lowest BCUT2D eigenvalue weighted by atomic mass is 10.3. The van der Waals surface area contributed by atoms with Gasteiger partial charge in [0.2, 0.25) is 5.76 Å². The molecule has 2 heterocycles. The molecule has 0 fully saturated rings. The number of hydrogen-bond acceptors (Lipinski definition) is 5. The maximum absolute atomic E-state index is 12.1. The molecule has 21 heavy (non-hydrogen) atoms. The van der Waals surface area contributed by atoms with Crippen LogP contribution in [0.15, 0.2) is 47.3 Å². The van der Waals surface area contributed by atoms with Crippen LogP contribution in [0, 0.1) is 6.92 Å². The van der Waals surface area contributed by atoms with Gasteiger partial charge in [0.15, 0.2) is 6.39 Å². The summed E-state index contributed by atoms with van der Waals surface area (Å²) in [5.74, 6) is 0.336. The number of carbonyl (C=O) groups is 1. The second kappa shape index (κ2) is 5.12. The first-order valence-corrected chi connectivity index (χ1v) is 6.26. The number of anilines is 2. The van der Waals surface area contributed by atoms with Crippen molar-refractivity contribution in [2.75, 3.05) is 11.1 Å². The molecule has 106 valence electrons. The standard InChI is InChI=1S/C14H13N5O2/c1-9-13(21-8-16-9)14(20)18-12-6-7-17-19(12)11-4-2-10(15)3-5-11/h2-8H,15H2,1H3,(H,18,20). The van der Waals surface area contributed by atoms with E-state index < -0.39 is 0 Å². The normalized spacial score (nSPS) is 10.5. The second-order valence-corrected chi connectivity index (χ2v) is 4.44. The van der Waals surface area contributed by atoms with Gasteiger partial charge in [0.25, 0.3) is 5.91 Å². The van der Waals surface area contributed by atoms with Crippen LogP contribution in [0.1, 0.15) is 16.2 Å². The van der Waals surface area contributed by atoms with Crippen LogP contribution in [0.5, 0.6) is 0 Å². The first-order chi connectivity index (χ1) is 10.1. The van der Waals surface area contributed by atoms with Crippen molar-refractivity contribution in [3.8, 4) is 5.69 Å². The third-order valence-corrected chi connectivity index (χ3v) is 2.97. The van der Waals surface area contributed by atoms with Crippen molar-refractivity contribution in [1.82, 2.24) is 14.8 Å². The van der Waals surface area contributed by atoms with Crippen molar-refractivity contribution < 1.29 is 9.21 Å². The molecular weight excluding hydrogens is 270 g/mol. The second-order valence-electron chi connectivity index (χ2n) is 4.44. The van der Waals surface area contributed by atoms with Gasteiger partial charge in [-0.05, 0) is 31.2 Å². The number of benzene rings is 1. The summed E-state index contributed by atoms with van der Waals surface area (Å²) in [6, 6.07) is 8.86. The summed E-state index contributed by atoms with van der Waals surface area (Å²) >= 11 is 0. The first-order valence-electron chi connectivity index (χ1n) is 6.26. The molecule has 0 saturated heterocycles. The van der Waals surface area contributed by atoms with Gasteiger partial charge in [-0.1, -0.05) is 0 Å². The molecule has 0 aliphatic carbocycles. The molecule has 3 N–H and O–H groups in total. The monoisotopic (exact) mass is 283 g/mol. The molecule has 7 nitrogen and oxygen atoms in total. The molecule has 2 aromatic heterocycles. The highest BCUT2D eigenvalue weighted by atomic mass is 16.3. The van der Waals surface area contributed by atoms with Crippen molar-refractivity contribution in [3.05, 3.63) is 54.4 Å². The average molecular weight is 283 g/mol. The largest absolute Gasteiger partial charge is 0.438 e. The molecule has 0 saturated carbocycles. The maximum Gasteiger partial charge on any atom is 0.294 e. The number of hydrogen-bond donors (Lipinski definition) is 2. The molecule has 0 radical (unpaired) electrons. The topological polar surface area (TPSA) is 99.0 Å². The molecule has 0 aliphatic rings. The van der Waals surface area contributed by atoms with Crippen molar-refractivity contribution in [1.29, 1.82) is 0 Å². The van der Waals surface area contributed by atoms with Crippen molar-refractivity contribution >= 4 is 17.4 Å². The van der Waals surface area contributed by atoms with E-state index in [9.17, 15) is 4.79 Å². The van der Waals surface area contributed by atoms with Gasteiger partial charge in [-0.15, -0.1) is 0 Å². The Kier molecular flexibility index (Phi) is 3.15. The lowest BCUT2D eigenvalue weighted by molar-refractivity contribution is 0.0995. The number of aromatic nitrogens is 3. The van der Waals surface area contributed by atoms with Gasteiger partial charge >= 0.3 is 0 Å². The van der Waals surface area contributed by atoms with Gasteiger partial charge in [-0.2, -0.15) is 5.10 Å². The van der Waals surface area contributed by atoms with E-state index in [1.165, 1.54) is 6.39 Å². The van der Waals surface area contributed by atoms with Crippen LogP contribution in [-0.2, 0) is 0 Å². The van der Waals surface area contributed by atoms with Crippen molar-refractivity contribution in [2.45, 2.75) is 6.92 Å². The van der Waals surface area contributed by atoms with Gasteiger partial charge < -0.3 is 15.5 Å². The number of nitrogens with one attached hydrogen (secondary N) is 1. The fourth-order valence-corrected chi connectivity index (χ4v) is 1.91. The molecule has 7 heteroatoms. The van der Waals surface area contributed by atoms with E-state index in [2.05, 4.69) is 15.4 Å². The summed E-state index contributed by atoms with van der Waals surface area (Å²) in [5.41, 5.74) is 7.65. The fraction of sp³-hybridized carbons (Fsp3) is 0.0714. The molecule has 3 aromatic rings. The highest BCUT2D eigenvalue weighted by molar-refractivity contribution is 6.02. The third-order valence-electron chi connectivity index (χ3n) is 2.97. The first kappa shape index (κ1) is 12.9. The van der Waals surface area contributed by atoms with Gasteiger partial charge in [-0.3, -0.25) is 4.79 Å². The van der Waals surface area contributed by atoms with Crippen molar-refractivity contribution in [2.24, 2.45) is 0 Å². The highest BCUT2D eigenvalue weighted by Gasteiger charge is 2.16. The molecule has 0 unspecified atom stereocenters. The van der Waals surface area contributed by atoms with E-state index in [-0.39, 0.29) is 11.7 Å². The zero-order chi connectivity index (χ0) is 14.8. The van der Waals surface area contributed by atoms with Crippen LogP contribution in [0.2, 0.25) is 0 Å². The smallest absolute Gasteiger partial charge is 0.294 e. The van der Waals surface area contributed by atoms with Crippen molar-refractivity contribution in [3.63, 3.8) is 0 Å². The summed E-state index contributed by atoms with van der Waals surface area (Å²) in [5, 5.41) is 6.93. The van der Waals surface area contributed by atoms with Crippen LogP contribution in [0.4, 0.5) is 11.5 Å². The van der Waals surface area contributed by atoms with E-state index in [0.29, 0.717) is 17.2 Å². The van der Waals surface area contributed by atoms with Crippen LogP contribution in [0.25, 0.3) is 5.69 Å². The zero-order valence-electron chi connectivity index (χ0n) is 11.3. The minimum absolute atomic E-state index is 0.181. The molecule has 0 atom stereocenters. The molecule has 3 rings (SSSR count). The Morgan fingerprint density at radius 2 is 2.05 bits per heavy atom. The summed E-state index contributed by atoms with van der Waals surface area (Å²) in [4.78, 5) is 16.0. The van der Waals surface area contributed by atoms with Gasteiger partial charge in [0.05, 0.1) is 17.6 Å². The predicted molar refractivity (Wildman–Crippen MR) is 77.2 cm³/mol. The number of amides is 1. The molecule has 0 aliphatic heterocycles. The Labute approximate surface area is 120 Å². The number of carbonyl (C=O) groups excluding carboxylic acids is 1. The fourth-order valence-electron chi connectivity index (χ4n) is 1.91. The molecule has 0 spiro atoms. The summed E-state index contributed by atoms with van der Waals surface area (Å²) in [6.07, 6.45) is 2.83. The molecule has 1 amide bonds. The third kappa shape index (κ3) is 2.48. The van der Waals surface area contributed by atoms with Gasteiger partial charge in [0, 0.05) is 11.8 Å². The van der Waals surface area contributed by atoms with Gasteiger partial charge in [-0.25, -0.2) is 9.67 Å². The van der Waals surface area contributed by atoms with E-state index in [1.54, 1.807) is 36.0 Å². The van der Waals surface area contributed by atoms with E-state index in [0.717, 1.165) is 5.69 Å². The van der Waals surface area contributed by atoms with Crippen LogP contribution in [0.3, 0.4) is 0 Å². The Morgan fingerprint density at radius 1 is 1.29 bits per heavy atom. The minimum atomic E-state index is -0.373. The van der Waals surface area contributed by atoms with E-state index >= 15 is 0 Å². The Hall–Kier alpha value is -3.09. The Bertz CT molecular complexity index is 773. The highest BCUT2D eigenvalue weighted by Crippen LogP contribution is 2.17. The number of nitrogens with two attached hydrogens (primary N) is 1. The Balaban J connectivity index is 1.88. The lowest BCUT2D eigenvalue weighted by Gasteiger charge is -2.08. The summed E-state index contributed by atoms with van der Waals surface area (Å²) < 4.78 is 6.67. The van der Waals surface area contributed by atoms with E-state index in [4.69, 9.17) is 10.2 Å². The molecule has 0 bridgehead atoms. The summed E-state index contributed by atoms with van der Waals surface area (Å²) in [6.45, 7) is 1.70. The SMILES string of the molecule is Cc1ncoc1C(=O)Nc1ccnn1-c1ccc(N)cc1.